The van der Waals surface area contributed by atoms with Gasteiger partial charge >= 0.3 is 0 Å². The van der Waals surface area contributed by atoms with Gasteiger partial charge in [0.2, 0.25) is 0 Å². The highest BCUT2D eigenvalue weighted by molar-refractivity contribution is 5.31. The van der Waals surface area contributed by atoms with E-state index in [2.05, 4.69) is 23.3 Å². The zero-order valence-electron chi connectivity index (χ0n) is 13.0. The Labute approximate surface area is 130 Å². The van der Waals surface area contributed by atoms with Crippen molar-refractivity contribution in [3.63, 3.8) is 0 Å². The third-order valence-corrected chi connectivity index (χ3v) is 3.26. The molecule has 0 aliphatic heterocycles. The van der Waals surface area contributed by atoms with Gasteiger partial charge in [-0.2, -0.15) is 5.26 Å². The lowest BCUT2D eigenvalue weighted by molar-refractivity contribution is 0.308. The highest BCUT2D eigenvalue weighted by Gasteiger charge is 2.11. The number of benzene rings is 1. The molecule has 0 saturated heterocycles. The van der Waals surface area contributed by atoms with Gasteiger partial charge in [0.05, 0.1) is 19.4 Å². The first-order valence-electron chi connectivity index (χ1n) is 7.37. The molecule has 22 heavy (non-hydrogen) atoms. The van der Waals surface area contributed by atoms with Crippen LogP contribution in [0.5, 0.6) is 11.5 Å². The van der Waals surface area contributed by atoms with Crippen LogP contribution in [-0.2, 0) is 13.0 Å². The van der Waals surface area contributed by atoms with E-state index in [0.717, 1.165) is 43.0 Å². The standard InChI is InChI=1S/C16H20N4O2/c1-3-10-20-16(15(12-17)18-19-20)5-4-11-22-14-8-6-13(21-2)7-9-14/h6-9H,3-5,10-11H2,1-2H3. The van der Waals surface area contributed by atoms with E-state index in [0.29, 0.717) is 12.3 Å². The second-order valence-corrected chi connectivity index (χ2v) is 4.85. The summed E-state index contributed by atoms with van der Waals surface area (Å²) in [5.74, 6) is 1.61. The molecule has 1 aromatic carbocycles. The molecule has 0 bridgehead atoms. The minimum Gasteiger partial charge on any atom is -0.497 e. The van der Waals surface area contributed by atoms with Gasteiger partial charge in [-0.05, 0) is 43.5 Å². The maximum absolute atomic E-state index is 9.07. The van der Waals surface area contributed by atoms with Crippen LogP contribution in [0.4, 0.5) is 0 Å². The van der Waals surface area contributed by atoms with E-state index in [1.165, 1.54) is 0 Å². The van der Waals surface area contributed by atoms with E-state index in [4.69, 9.17) is 14.7 Å². The van der Waals surface area contributed by atoms with Crippen LogP contribution in [-0.4, -0.2) is 28.7 Å². The molecule has 2 rings (SSSR count). The number of nitriles is 1. The molecule has 6 heteroatoms. The van der Waals surface area contributed by atoms with Gasteiger partial charge in [0, 0.05) is 6.54 Å². The molecule has 1 heterocycles. The van der Waals surface area contributed by atoms with Gasteiger partial charge in [-0.1, -0.05) is 12.1 Å². The predicted octanol–water partition coefficient (Wildman–Crippen LogP) is 2.58. The molecular formula is C16H20N4O2. The van der Waals surface area contributed by atoms with Gasteiger partial charge in [0.15, 0.2) is 5.69 Å². The summed E-state index contributed by atoms with van der Waals surface area (Å²) in [6, 6.07) is 9.58. The van der Waals surface area contributed by atoms with Crippen LogP contribution in [0.25, 0.3) is 0 Å². The second-order valence-electron chi connectivity index (χ2n) is 4.85. The predicted molar refractivity (Wildman–Crippen MR) is 81.8 cm³/mol. The van der Waals surface area contributed by atoms with E-state index in [1.807, 2.05) is 28.9 Å². The fraction of sp³-hybridized carbons (Fsp3) is 0.438. The number of methoxy groups -OCH3 is 1. The Bertz CT molecular complexity index is 629. The van der Waals surface area contributed by atoms with Crippen LogP contribution in [0, 0.1) is 11.3 Å². The molecule has 0 unspecified atom stereocenters. The van der Waals surface area contributed by atoms with Crippen molar-refractivity contribution >= 4 is 0 Å². The van der Waals surface area contributed by atoms with Crippen LogP contribution in [0.3, 0.4) is 0 Å². The first kappa shape index (κ1) is 15.8. The fourth-order valence-electron chi connectivity index (χ4n) is 2.16. The Morgan fingerprint density at radius 1 is 1.23 bits per heavy atom. The van der Waals surface area contributed by atoms with Crippen LogP contribution in [0.1, 0.15) is 31.2 Å². The van der Waals surface area contributed by atoms with Crippen LogP contribution in [0.2, 0.25) is 0 Å². The summed E-state index contributed by atoms with van der Waals surface area (Å²) in [6.07, 6.45) is 2.49. The number of hydrogen-bond acceptors (Lipinski definition) is 5. The Morgan fingerprint density at radius 2 is 1.95 bits per heavy atom. The number of ether oxygens (including phenoxy) is 2. The molecule has 0 radical (unpaired) electrons. The summed E-state index contributed by atoms with van der Waals surface area (Å²) in [6.45, 7) is 3.43. The topological polar surface area (TPSA) is 73.0 Å². The van der Waals surface area contributed by atoms with Gasteiger partial charge in [0.1, 0.15) is 17.6 Å². The molecule has 0 fully saturated rings. The third kappa shape index (κ3) is 3.98. The first-order valence-corrected chi connectivity index (χ1v) is 7.37. The summed E-state index contributed by atoms with van der Waals surface area (Å²) >= 11 is 0. The van der Waals surface area contributed by atoms with Gasteiger partial charge in [0.25, 0.3) is 0 Å². The van der Waals surface area contributed by atoms with Crippen LogP contribution in [0.15, 0.2) is 24.3 Å². The molecule has 0 atom stereocenters. The van der Waals surface area contributed by atoms with Crippen LogP contribution < -0.4 is 9.47 Å². The maximum atomic E-state index is 9.07. The van der Waals surface area contributed by atoms with E-state index in [9.17, 15) is 0 Å². The normalized spacial score (nSPS) is 10.2. The zero-order chi connectivity index (χ0) is 15.8. The van der Waals surface area contributed by atoms with Crippen LogP contribution >= 0.6 is 0 Å². The number of aromatic nitrogens is 3. The van der Waals surface area contributed by atoms with Crippen molar-refractivity contribution in [1.82, 2.24) is 15.0 Å². The smallest absolute Gasteiger partial charge is 0.185 e. The highest BCUT2D eigenvalue weighted by Crippen LogP contribution is 2.17. The summed E-state index contributed by atoms with van der Waals surface area (Å²) in [4.78, 5) is 0. The van der Waals surface area contributed by atoms with Gasteiger partial charge in [-0.25, -0.2) is 4.68 Å². The second kappa shape index (κ2) is 8.03. The molecular weight excluding hydrogens is 280 g/mol. The van der Waals surface area contributed by atoms with Crippen molar-refractivity contribution in [2.45, 2.75) is 32.7 Å². The molecule has 1 aromatic heterocycles. The highest BCUT2D eigenvalue weighted by atomic mass is 16.5. The van der Waals surface area contributed by atoms with E-state index in [1.54, 1.807) is 7.11 Å². The minimum atomic E-state index is 0.415. The van der Waals surface area contributed by atoms with Crippen molar-refractivity contribution in [3.8, 4) is 17.6 Å². The number of rotatable bonds is 8. The van der Waals surface area contributed by atoms with Crippen molar-refractivity contribution in [2.24, 2.45) is 0 Å². The monoisotopic (exact) mass is 300 g/mol. The Hall–Kier alpha value is -2.55. The van der Waals surface area contributed by atoms with E-state index in [-0.39, 0.29) is 0 Å². The molecule has 0 aliphatic carbocycles. The van der Waals surface area contributed by atoms with Gasteiger partial charge in [-0.3, -0.25) is 0 Å². The molecule has 0 aliphatic rings. The first-order chi connectivity index (χ1) is 10.8. The summed E-state index contributed by atoms with van der Waals surface area (Å²) in [5.41, 5.74) is 1.31. The average molecular weight is 300 g/mol. The van der Waals surface area contributed by atoms with Crippen molar-refractivity contribution in [2.75, 3.05) is 13.7 Å². The Balaban J connectivity index is 1.85. The third-order valence-electron chi connectivity index (χ3n) is 3.26. The summed E-state index contributed by atoms with van der Waals surface area (Å²) in [7, 11) is 1.64. The average Bonchev–Trinajstić information content (AvgIpc) is 2.94. The van der Waals surface area contributed by atoms with Gasteiger partial charge in [-0.15, -0.1) is 5.10 Å². The molecule has 0 N–H and O–H groups in total. The molecule has 0 spiro atoms. The number of hydrogen-bond donors (Lipinski definition) is 0. The van der Waals surface area contributed by atoms with Crippen molar-refractivity contribution < 1.29 is 9.47 Å². The largest absolute Gasteiger partial charge is 0.497 e. The lowest BCUT2D eigenvalue weighted by atomic mass is 10.2. The summed E-state index contributed by atoms with van der Waals surface area (Å²) in [5, 5.41) is 17.0. The maximum Gasteiger partial charge on any atom is 0.185 e. The SMILES string of the molecule is CCCn1nnc(C#N)c1CCCOc1ccc(OC)cc1. The molecule has 0 saturated carbocycles. The number of aryl methyl sites for hydroxylation is 1. The lowest BCUT2D eigenvalue weighted by Gasteiger charge is -2.08. The fourth-order valence-corrected chi connectivity index (χ4v) is 2.16. The zero-order valence-corrected chi connectivity index (χ0v) is 13.0. The number of nitrogens with zero attached hydrogens (tertiary/aromatic N) is 4. The van der Waals surface area contributed by atoms with E-state index >= 15 is 0 Å². The Kier molecular flexibility index (Phi) is 5.78. The van der Waals surface area contributed by atoms with E-state index < -0.39 is 0 Å². The molecule has 2 aromatic rings. The molecule has 0 amide bonds. The quantitative estimate of drug-likeness (QED) is 0.701. The minimum absolute atomic E-state index is 0.415. The molecule has 116 valence electrons. The van der Waals surface area contributed by atoms with Gasteiger partial charge < -0.3 is 9.47 Å². The van der Waals surface area contributed by atoms with Crippen molar-refractivity contribution in [1.29, 1.82) is 5.26 Å². The van der Waals surface area contributed by atoms with Crippen molar-refractivity contribution in [3.05, 3.63) is 35.7 Å². The Morgan fingerprint density at radius 3 is 2.59 bits per heavy atom. The molecule has 6 nitrogen and oxygen atoms in total. The lowest BCUT2D eigenvalue weighted by Crippen LogP contribution is -2.07. The summed E-state index contributed by atoms with van der Waals surface area (Å²) < 4.78 is 12.6.